The Labute approximate surface area is 125 Å². The van der Waals surface area contributed by atoms with Gasteiger partial charge in [-0.25, -0.2) is 0 Å². The van der Waals surface area contributed by atoms with E-state index in [2.05, 4.69) is 40.4 Å². The summed E-state index contributed by atoms with van der Waals surface area (Å²) >= 11 is 5.42. The van der Waals surface area contributed by atoms with Crippen LogP contribution in [0.4, 0.5) is 0 Å². The van der Waals surface area contributed by atoms with E-state index in [4.69, 9.17) is 12.2 Å². The number of aromatic nitrogens is 4. The molecule has 0 amide bonds. The van der Waals surface area contributed by atoms with Gasteiger partial charge in [0.05, 0.1) is 5.69 Å². The SMILES string of the molecule is Cc1nn(C)c2c1[nH]c(=S)n2CCCCN(C)C(C)C. The molecule has 20 heavy (non-hydrogen) atoms. The number of imidazole rings is 1. The Hall–Kier alpha value is -1.14. The molecule has 112 valence electrons. The maximum Gasteiger partial charge on any atom is 0.179 e. The number of H-pyrrole nitrogens is 1. The number of fused-ring (bicyclic) bond motifs is 1. The molecule has 0 saturated heterocycles. The number of hydrogen-bond acceptors (Lipinski definition) is 3. The van der Waals surface area contributed by atoms with E-state index in [9.17, 15) is 0 Å². The summed E-state index contributed by atoms with van der Waals surface area (Å²) < 4.78 is 4.88. The monoisotopic (exact) mass is 295 g/mol. The second kappa shape index (κ2) is 6.10. The quantitative estimate of drug-likeness (QED) is 0.658. The van der Waals surface area contributed by atoms with Crippen molar-refractivity contribution < 1.29 is 0 Å². The van der Waals surface area contributed by atoms with E-state index in [0.29, 0.717) is 6.04 Å². The van der Waals surface area contributed by atoms with Gasteiger partial charge in [0, 0.05) is 19.6 Å². The Morgan fingerprint density at radius 3 is 2.70 bits per heavy atom. The lowest BCUT2D eigenvalue weighted by atomic mass is 10.2. The fraction of sp³-hybridized carbons (Fsp3) is 0.714. The lowest BCUT2D eigenvalue weighted by Crippen LogP contribution is -2.27. The van der Waals surface area contributed by atoms with Crippen molar-refractivity contribution in [3.8, 4) is 0 Å². The minimum atomic E-state index is 0.607. The summed E-state index contributed by atoms with van der Waals surface area (Å²) in [4.78, 5) is 5.64. The van der Waals surface area contributed by atoms with Gasteiger partial charge in [-0.1, -0.05) is 0 Å². The Bertz CT molecular complexity index is 634. The van der Waals surface area contributed by atoms with E-state index in [1.54, 1.807) is 0 Å². The summed E-state index contributed by atoms with van der Waals surface area (Å²) in [5.74, 6) is 0. The number of nitrogens with zero attached hydrogens (tertiary/aromatic N) is 4. The number of hydrogen-bond donors (Lipinski definition) is 1. The molecule has 0 bridgehead atoms. The molecule has 0 fully saturated rings. The van der Waals surface area contributed by atoms with Crippen molar-refractivity contribution in [2.45, 2.75) is 46.2 Å². The molecule has 0 aromatic carbocycles. The third-order valence-electron chi connectivity index (χ3n) is 3.95. The topological polar surface area (TPSA) is 41.8 Å². The summed E-state index contributed by atoms with van der Waals surface area (Å²) in [6.45, 7) is 8.54. The molecule has 0 aliphatic carbocycles. The van der Waals surface area contributed by atoms with Crippen LogP contribution in [0.15, 0.2) is 0 Å². The smallest absolute Gasteiger partial charge is 0.179 e. The molecule has 5 nitrogen and oxygen atoms in total. The molecule has 6 heteroatoms. The average Bonchev–Trinajstić information content (AvgIpc) is 2.84. The predicted molar refractivity (Wildman–Crippen MR) is 85.6 cm³/mol. The van der Waals surface area contributed by atoms with Gasteiger partial charge < -0.3 is 14.5 Å². The van der Waals surface area contributed by atoms with Crippen LogP contribution >= 0.6 is 12.2 Å². The number of aryl methyl sites for hydroxylation is 3. The first-order valence-electron chi connectivity index (χ1n) is 7.24. The third-order valence-corrected chi connectivity index (χ3v) is 4.27. The van der Waals surface area contributed by atoms with Crippen LogP contribution < -0.4 is 0 Å². The van der Waals surface area contributed by atoms with Gasteiger partial charge in [0.1, 0.15) is 5.52 Å². The Balaban J connectivity index is 2.03. The van der Waals surface area contributed by atoms with Crippen LogP contribution in [0.1, 0.15) is 32.4 Å². The van der Waals surface area contributed by atoms with Crippen molar-refractivity contribution in [1.82, 2.24) is 24.2 Å². The molecule has 2 rings (SSSR count). The highest BCUT2D eigenvalue weighted by Crippen LogP contribution is 2.17. The van der Waals surface area contributed by atoms with Crippen LogP contribution in [0.25, 0.3) is 11.2 Å². The van der Waals surface area contributed by atoms with Gasteiger partial charge in [-0.05, 0) is 59.4 Å². The molecule has 2 heterocycles. The molecule has 0 unspecified atom stereocenters. The maximum atomic E-state index is 5.42. The summed E-state index contributed by atoms with van der Waals surface area (Å²) in [5.41, 5.74) is 3.17. The number of unbranched alkanes of at least 4 members (excludes halogenated alkanes) is 1. The van der Waals surface area contributed by atoms with E-state index in [1.165, 1.54) is 6.42 Å². The van der Waals surface area contributed by atoms with Crippen molar-refractivity contribution in [2.75, 3.05) is 13.6 Å². The molecule has 0 radical (unpaired) electrons. The van der Waals surface area contributed by atoms with Crippen LogP contribution in [0, 0.1) is 11.7 Å². The lowest BCUT2D eigenvalue weighted by molar-refractivity contribution is 0.266. The van der Waals surface area contributed by atoms with Gasteiger partial charge in [0.2, 0.25) is 0 Å². The molecule has 0 saturated carbocycles. The Morgan fingerprint density at radius 1 is 1.35 bits per heavy atom. The van der Waals surface area contributed by atoms with Crippen LogP contribution in [-0.2, 0) is 13.6 Å². The fourth-order valence-electron chi connectivity index (χ4n) is 2.47. The molecule has 0 aliphatic heterocycles. The van der Waals surface area contributed by atoms with Gasteiger partial charge in [-0.3, -0.25) is 4.68 Å². The van der Waals surface area contributed by atoms with Gasteiger partial charge in [0.25, 0.3) is 0 Å². The van der Waals surface area contributed by atoms with Crippen molar-refractivity contribution in [1.29, 1.82) is 0 Å². The minimum Gasteiger partial charge on any atom is -0.328 e. The lowest BCUT2D eigenvalue weighted by Gasteiger charge is -2.20. The van der Waals surface area contributed by atoms with Gasteiger partial charge in [-0.15, -0.1) is 0 Å². The highest BCUT2D eigenvalue weighted by Gasteiger charge is 2.12. The van der Waals surface area contributed by atoms with Crippen molar-refractivity contribution >= 4 is 23.4 Å². The van der Waals surface area contributed by atoms with Crippen molar-refractivity contribution in [2.24, 2.45) is 7.05 Å². The molecular weight excluding hydrogens is 270 g/mol. The number of aromatic amines is 1. The van der Waals surface area contributed by atoms with Crippen LogP contribution in [-0.4, -0.2) is 43.9 Å². The molecule has 0 spiro atoms. The van der Waals surface area contributed by atoms with Crippen LogP contribution in [0.3, 0.4) is 0 Å². The zero-order chi connectivity index (χ0) is 14.9. The molecule has 0 atom stereocenters. The fourth-order valence-corrected chi connectivity index (χ4v) is 2.75. The highest BCUT2D eigenvalue weighted by atomic mass is 32.1. The zero-order valence-corrected chi connectivity index (χ0v) is 13.9. The first kappa shape index (κ1) is 15.3. The molecule has 0 aliphatic rings. The zero-order valence-electron chi connectivity index (χ0n) is 13.1. The normalized spacial score (nSPS) is 12.2. The second-order valence-corrected chi connectivity index (χ2v) is 6.16. The Kier molecular flexibility index (Phi) is 4.65. The van der Waals surface area contributed by atoms with Crippen LogP contribution in [0.5, 0.6) is 0 Å². The number of nitrogens with one attached hydrogen (secondary N) is 1. The van der Waals surface area contributed by atoms with Crippen molar-refractivity contribution in [3.05, 3.63) is 10.5 Å². The summed E-state index contributed by atoms with van der Waals surface area (Å²) in [7, 11) is 4.15. The third kappa shape index (κ3) is 2.96. The van der Waals surface area contributed by atoms with E-state index in [0.717, 1.165) is 41.1 Å². The van der Waals surface area contributed by atoms with Crippen LogP contribution in [0.2, 0.25) is 0 Å². The van der Waals surface area contributed by atoms with E-state index in [-0.39, 0.29) is 0 Å². The average molecular weight is 295 g/mol. The summed E-state index contributed by atoms with van der Waals surface area (Å²) in [6.07, 6.45) is 2.31. The highest BCUT2D eigenvalue weighted by molar-refractivity contribution is 7.71. The van der Waals surface area contributed by atoms with E-state index < -0.39 is 0 Å². The Morgan fingerprint density at radius 2 is 2.05 bits per heavy atom. The summed E-state index contributed by atoms with van der Waals surface area (Å²) in [6, 6.07) is 0.607. The molecule has 2 aromatic rings. The van der Waals surface area contributed by atoms with E-state index >= 15 is 0 Å². The first-order valence-corrected chi connectivity index (χ1v) is 7.65. The molecule has 1 N–H and O–H groups in total. The predicted octanol–water partition coefficient (Wildman–Crippen LogP) is 2.86. The second-order valence-electron chi connectivity index (χ2n) is 5.77. The maximum absolute atomic E-state index is 5.42. The van der Waals surface area contributed by atoms with Gasteiger partial charge in [-0.2, -0.15) is 5.10 Å². The standard InChI is InChI=1S/C14H25N5S/c1-10(2)17(4)8-6-7-9-19-13-12(15-14(19)20)11(3)16-18(13)5/h10H,6-9H2,1-5H3,(H,15,20). The van der Waals surface area contributed by atoms with Crippen molar-refractivity contribution in [3.63, 3.8) is 0 Å². The molecule has 2 aromatic heterocycles. The first-order chi connectivity index (χ1) is 9.41. The largest absolute Gasteiger partial charge is 0.328 e. The van der Waals surface area contributed by atoms with E-state index in [1.807, 2.05) is 18.7 Å². The van der Waals surface area contributed by atoms with Gasteiger partial charge >= 0.3 is 0 Å². The molecular formula is C14H25N5S. The summed E-state index contributed by atoms with van der Waals surface area (Å²) in [5, 5.41) is 4.44. The minimum absolute atomic E-state index is 0.607. The number of rotatable bonds is 6. The van der Waals surface area contributed by atoms with Gasteiger partial charge in [0.15, 0.2) is 10.4 Å².